The minimum Gasteiger partial charge on any atom is -0.336 e. The number of aromatic amines is 2. The first kappa shape index (κ1) is 23.3. The number of nitrogens with one attached hydrogen (secondary N) is 3. The average molecular weight is 508 g/mol. The molecule has 0 aliphatic heterocycles. The number of aromatic nitrogens is 8. The summed E-state index contributed by atoms with van der Waals surface area (Å²) in [5.41, 5.74) is 3.88. The Morgan fingerprint density at radius 1 is 0.921 bits per heavy atom. The van der Waals surface area contributed by atoms with Crippen molar-refractivity contribution >= 4 is 33.5 Å². The van der Waals surface area contributed by atoms with Crippen molar-refractivity contribution in [3.8, 4) is 34.0 Å². The summed E-state index contributed by atoms with van der Waals surface area (Å²) in [5.74, 6) is -0.384. The van der Waals surface area contributed by atoms with Crippen molar-refractivity contribution in [3.05, 3.63) is 67.3 Å². The summed E-state index contributed by atoms with van der Waals surface area (Å²) in [6, 6.07) is 7.16. The predicted octanol–water partition coefficient (Wildman–Crippen LogP) is 5.14. The van der Waals surface area contributed by atoms with Crippen LogP contribution in [0.5, 0.6) is 0 Å². The molecule has 6 heterocycles. The number of nitrogens with zero attached hydrogens (tertiary/aromatic N) is 6. The van der Waals surface area contributed by atoms with Crippen LogP contribution in [-0.2, 0) is 4.79 Å². The van der Waals surface area contributed by atoms with Crippen LogP contribution in [0, 0.1) is 11.2 Å². The van der Waals surface area contributed by atoms with Gasteiger partial charge in [0.25, 0.3) is 0 Å². The lowest BCUT2D eigenvalue weighted by Gasteiger charge is -2.17. The molecule has 1 amide bonds. The van der Waals surface area contributed by atoms with Gasteiger partial charge in [-0.3, -0.25) is 29.8 Å². The molecule has 0 radical (unpaired) electrons. The first-order valence-corrected chi connectivity index (χ1v) is 11.8. The minimum absolute atomic E-state index is 0.0772. The number of carbonyl (C=O) groups excluding carboxylic acids is 1. The third-order valence-corrected chi connectivity index (χ3v) is 6.06. The summed E-state index contributed by atoms with van der Waals surface area (Å²) in [6.07, 6.45) is 9.59. The minimum atomic E-state index is -0.594. The van der Waals surface area contributed by atoms with Crippen LogP contribution in [0.2, 0.25) is 0 Å². The number of hydrogen-bond donors (Lipinski definition) is 3. The van der Waals surface area contributed by atoms with Gasteiger partial charge in [0, 0.05) is 41.3 Å². The molecule has 0 saturated carbocycles. The van der Waals surface area contributed by atoms with Gasteiger partial charge in [-0.2, -0.15) is 5.10 Å². The van der Waals surface area contributed by atoms with Crippen LogP contribution in [0.25, 0.3) is 56.0 Å². The number of rotatable bonds is 4. The zero-order valence-electron chi connectivity index (χ0n) is 20.7. The number of carbonyl (C=O) groups is 1. The molecule has 0 aliphatic rings. The molecule has 0 saturated heterocycles. The molecule has 10 nitrogen and oxygen atoms in total. The molecule has 0 aromatic carbocycles. The standard InChI is InChI=1S/C27H22FN9O/c1-27(2,3)26(38)33-16-9-15(11-30-12-16)21-20(28)19-18(13-32-21)36-37-24(19)25-34-17-6-8-31-22(23(17)35-25)14-5-4-7-29-10-14/h4-13H,1-3H3,(H,33,38)(H,34,35)(H,36,37). The summed E-state index contributed by atoms with van der Waals surface area (Å²) in [5, 5.41) is 10.2. The highest BCUT2D eigenvalue weighted by Gasteiger charge is 2.23. The number of hydrogen-bond acceptors (Lipinski definition) is 7. The van der Waals surface area contributed by atoms with Crippen LogP contribution >= 0.6 is 0 Å². The summed E-state index contributed by atoms with van der Waals surface area (Å²) < 4.78 is 16.0. The lowest BCUT2D eigenvalue weighted by Crippen LogP contribution is -2.27. The van der Waals surface area contributed by atoms with E-state index in [4.69, 9.17) is 4.98 Å². The number of pyridine rings is 4. The quantitative estimate of drug-likeness (QED) is 0.300. The molecule has 3 N–H and O–H groups in total. The highest BCUT2D eigenvalue weighted by Crippen LogP contribution is 2.34. The van der Waals surface area contributed by atoms with E-state index in [1.807, 2.05) is 32.9 Å². The van der Waals surface area contributed by atoms with E-state index in [1.54, 1.807) is 30.7 Å². The number of H-pyrrole nitrogens is 2. The van der Waals surface area contributed by atoms with Crippen molar-refractivity contribution in [2.45, 2.75) is 20.8 Å². The largest absolute Gasteiger partial charge is 0.336 e. The van der Waals surface area contributed by atoms with Gasteiger partial charge >= 0.3 is 0 Å². The lowest BCUT2D eigenvalue weighted by atomic mass is 9.95. The Kier molecular flexibility index (Phi) is 5.41. The monoisotopic (exact) mass is 507 g/mol. The SMILES string of the molecule is CC(C)(C)C(=O)Nc1cncc(-c2ncc3[nH]nc(-c4nc5c(-c6cccnc6)nccc5[nH]4)c3c2F)c1. The third kappa shape index (κ3) is 4.03. The van der Waals surface area contributed by atoms with E-state index in [0.717, 1.165) is 11.1 Å². The van der Waals surface area contributed by atoms with Crippen molar-refractivity contribution in [1.82, 2.24) is 40.1 Å². The van der Waals surface area contributed by atoms with Crippen molar-refractivity contribution in [2.24, 2.45) is 5.41 Å². The highest BCUT2D eigenvalue weighted by molar-refractivity contribution is 5.98. The Balaban J connectivity index is 1.44. The molecule has 0 unspecified atom stereocenters. The van der Waals surface area contributed by atoms with E-state index in [1.165, 1.54) is 18.6 Å². The molecule has 0 spiro atoms. The van der Waals surface area contributed by atoms with Crippen molar-refractivity contribution in [3.63, 3.8) is 0 Å². The topological polar surface area (TPSA) is 138 Å². The molecule has 188 valence electrons. The van der Waals surface area contributed by atoms with Crippen LogP contribution in [0.4, 0.5) is 10.1 Å². The first-order valence-electron chi connectivity index (χ1n) is 11.8. The Bertz CT molecular complexity index is 1820. The van der Waals surface area contributed by atoms with Gasteiger partial charge in [0.05, 0.1) is 40.2 Å². The summed E-state index contributed by atoms with van der Waals surface area (Å²) in [4.78, 5) is 37.5. The molecule has 11 heteroatoms. The number of imidazole rings is 1. The normalized spacial score (nSPS) is 11.8. The number of fused-ring (bicyclic) bond motifs is 2. The Hall–Kier alpha value is -5.06. The maximum Gasteiger partial charge on any atom is 0.229 e. The number of amides is 1. The second-order valence-electron chi connectivity index (χ2n) is 9.83. The molecule has 6 aromatic rings. The molecule has 6 rings (SSSR count). The van der Waals surface area contributed by atoms with Crippen LogP contribution in [0.15, 0.2) is 61.4 Å². The molecule has 6 aromatic heterocycles. The average Bonchev–Trinajstić information content (AvgIpc) is 3.54. The first-order chi connectivity index (χ1) is 18.3. The van der Waals surface area contributed by atoms with E-state index < -0.39 is 11.2 Å². The smallest absolute Gasteiger partial charge is 0.229 e. The fraction of sp³-hybridized carbons (Fsp3) is 0.148. The molecular formula is C27H22FN9O. The van der Waals surface area contributed by atoms with Crippen molar-refractivity contribution in [2.75, 3.05) is 5.32 Å². The summed E-state index contributed by atoms with van der Waals surface area (Å²) >= 11 is 0. The van der Waals surface area contributed by atoms with E-state index in [0.29, 0.717) is 39.5 Å². The fourth-order valence-corrected chi connectivity index (χ4v) is 4.07. The molecule has 0 fully saturated rings. The second-order valence-corrected chi connectivity index (χ2v) is 9.83. The third-order valence-electron chi connectivity index (χ3n) is 6.06. The van der Waals surface area contributed by atoms with E-state index in [9.17, 15) is 4.79 Å². The lowest BCUT2D eigenvalue weighted by molar-refractivity contribution is -0.123. The molecule has 0 bridgehead atoms. The van der Waals surface area contributed by atoms with Crippen LogP contribution in [-0.4, -0.2) is 46.0 Å². The highest BCUT2D eigenvalue weighted by atomic mass is 19.1. The fourth-order valence-electron chi connectivity index (χ4n) is 4.07. The van der Waals surface area contributed by atoms with Gasteiger partial charge < -0.3 is 10.3 Å². The zero-order chi connectivity index (χ0) is 26.4. The Morgan fingerprint density at radius 2 is 1.76 bits per heavy atom. The van der Waals surface area contributed by atoms with Gasteiger partial charge in [-0.05, 0) is 24.3 Å². The number of anilines is 1. The molecule has 38 heavy (non-hydrogen) atoms. The van der Waals surface area contributed by atoms with Gasteiger partial charge in [-0.15, -0.1) is 0 Å². The maximum atomic E-state index is 16.0. The zero-order valence-corrected chi connectivity index (χ0v) is 20.7. The maximum absolute atomic E-state index is 16.0. The van der Waals surface area contributed by atoms with Gasteiger partial charge in [-0.25, -0.2) is 9.37 Å². The van der Waals surface area contributed by atoms with E-state index in [2.05, 4.69) is 40.4 Å². The molecule has 0 atom stereocenters. The second kappa shape index (κ2) is 8.80. The predicted molar refractivity (Wildman–Crippen MR) is 141 cm³/mol. The van der Waals surface area contributed by atoms with Crippen LogP contribution < -0.4 is 5.32 Å². The Labute approximate surface area is 215 Å². The summed E-state index contributed by atoms with van der Waals surface area (Å²) in [7, 11) is 0. The van der Waals surface area contributed by atoms with E-state index in [-0.39, 0.29) is 17.0 Å². The Morgan fingerprint density at radius 3 is 2.55 bits per heavy atom. The molecular weight excluding hydrogens is 485 g/mol. The molecule has 0 aliphatic carbocycles. The number of halogens is 1. The summed E-state index contributed by atoms with van der Waals surface area (Å²) in [6.45, 7) is 5.43. The van der Waals surface area contributed by atoms with Crippen LogP contribution in [0.3, 0.4) is 0 Å². The van der Waals surface area contributed by atoms with Crippen molar-refractivity contribution in [1.29, 1.82) is 0 Å². The van der Waals surface area contributed by atoms with Gasteiger partial charge in [0.15, 0.2) is 11.6 Å². The van der Waals surface area contributed by atoms with Gasteiger partial charge in [0.2, 0.25) is 5.91 Å². The van der Waals surface area contributed by atoms with Gasteiger partial charge in [0.1, 0.15) is 16.9 Å². The van der Waals surface area contributed by atoms with Crippen molar-refractivity contribution < 1.29 is 9.18 Å². The van der Waals surface area contributed by atoms with E-state index >= 15 is 4.39 Å². The van der Waals surface area contributed by atoms with Crippen LogP contribution in [0.1, 0.15) is 20.8 Å². The van der Waals surface area contributed by atoms with Gasteiger partial charge in [-0.1, -0.05) is 20.8 Å².